The van der Waals surface area contributed by atoms with E-state index in [4.69, 9.17) is 9.47 Å². The van der Waals surface area contributed by atoms with Crippen LogP contribution in [0.15, 0.2) is 78.9 Å². The van der Waals surface area contributed by atoms with Crippen LogP contribution in [0.3, 0.4) is 0 Å². The van der Waals surface area contributed by atoms with Crippen molar-refractivity contribution in [2.24, 2.45) is 0 Å². The highest BCUT2D eigenvalue weighted by molar-refractivity contribution is 5.90. The number of carbonyl (C=O) groups excluding carboxylic acids is 2. The van der Waals surface area contributed by atoms with Gasteiger partial charge in [0.15, 0.2) is 0 Å². The van der Waals surface area contributed by atoms with Crippen LogP contribution in [0.25, 0.3) is 0 Å². The summed E-state index contributed by atoms with van der Waals surface area (Å²) >= 11 is 0. The van der Waals surface area contributed by atoms with Gasteiger partial charge in [0.1, 0.15) is 12.2 Å². The topological polar surface area (TPSA) is 52.6 Å². The number of rotatable bonds is 7. The lowest BCUT2D eigenvalue weighted by molar-refractivity contribution is -0.0348. The van der Waals surface area contributed by atoms with Gasteiger partial charge in [0.25, 0.3) is 0 Å². The van der Waals surface area contributed by atoms with Gasteiger partial charge in [0.2, 0.25) is 0 Å². The zero-order valence-electron chi connectivity index (χ0n) is 18.8. The van der Waals surface area contributed by atoms with Crippen LogP contribution in [0.1, 0.15) is 75.4 Å². The fourth-order valence-electron chi connectivity index (χ4n) is 5.24. The molecule has 33 heavy (non-hydrogen) atoms. The van der Waals surface area contributed by atoms with Crippen molar-refractivity contribution >= 4 is 11.9 Å². The predicted molar refractivity (Wildman–Crippen MR) is 126 cm³/mol. The molecule has 4 nitrogen and oxygen atoms in total. The number of esters is 2. The van der Waals surface area contributed by atoms with Gasteiger partial charge >= 0.3 is 11.9 Å². The summed E-state index contributed by atoms with van der Waals surface area (Å²) in [6, 6.07) is 24.8. The minimum absolute atomic E-state index is 0.0348. The van der Waals surface area contributed by atoms with E-state index < -0.39 is 12.2 Å². The van der Waals surface area contributed by atoms with Gasteiger partial charge in [-0.3, -0.25) is 0 Å². The Morgan fingerprint density at radius 2 is 1.24 bits per heavy atom. The minimum Gasteiger partial charge on any atom is -0.454 e. The highest BCUT2D eigenvalue weighted by Crippen LogP contribution is 2.55. The molecule has 168 valence electrons. The van der Waals surface area contributed by atoms with E-state index in [-0.39, 0.29) is 23.8 Å². The minimum atomic E-state index is -0.496. The van der Waals surface area contributed by atoms with Gasteiger partial charge in [-0.05, 0) is 60.2 Å². The third kappa shape index (κ3) is 4.18. The average molecular weight is 441 g/mol. The molecule has 0 heterocycles. The Bertz CT molecular complexity index is 1140. The Hall–Kier alpha value is -3.40. The maximum absolute atomic E-state index is 13.1. The Morgan fingerprint density at radius 3 is 1.79 bits per heavy atom. The normalized spacial score (nSPS) is 22.6. The van der Waals surface area contributed by atoms with Crippen molar-refractivity contribution < 1.29 is 19.1 Å². The number of hydrogen-bond donors (Lipinski definition) is 0. The van der Waals surface area contributed by atoms with Gasteiger partial charge in [-0.15, -0.1) is 0 Å². The SMILES string of the molecule is CCCCc1ccc(C(=O)O[C@H]2C3CC(c4ccccc43)[C@H]2OC(=O)c2ccccc2)cc1. The van der Waals surface area contributed by atoms with Crippen molar-refractivity contribution in [3.05, 3.63) is 107 Å². The largest absolute Gasteiger partial charge is 0.454 e. The molecule has 0 radical (unpaired) electrons. The zero-order valence-corrected chi connectivity index (χ0v) is 18.8. The first-order valence-corrected chi connectivity index (χ1v) is 11.8. The van der Waals surface area contributed by atoms with Crippen LogP contribution in [-0.4, -0.2) is 24.1 Å². The van der Waals surface area contributed by atoms with Crippen molar-refractivity contribution in [1.29, 1.82) is 0 Å². The Labute approximate surface area is 194 Å². The van der Waals surface area contributed by atoms with E-state index in [0.29, 0.717) is 11.1 Å². The number of unbranched alkanes of at least 4 members (excludes halogenated alkanes) is 1. The number of ether oxygens (including phenoxy) is 2. The molecule has 4 heteroatoms. The maximum Gasteiger partial charge on any atom is 0.338 e. The van der Waals surface area contributed by atoms with Crippen LogP contribution < -0.4 is 0 Å². The van der Waals surface area contributed by atoms with Crippen molar-refractivity contribution in [2.75, 3.05) is 0 Å². The van der Waals surface area contributed by atoms with Crippen LogP contribution >= 0.6 is 0 Å². The Balaban J connectivity index is 1.37. The van der Waals surface area contributed by atoms with E-state index in [1.54, 1.807) is 12.1 Å². The number of benzene rings is 3. The summed E-state index contributed by atoms with van der Waals surface area (Å²) in [7, 11) is 0. The molecule has 2 aliphatic rings. The number of carbonyl (C=O) groups is 2. The van der Waals surface area contributed by atoms with Gasteiger partial charge in [0.05, 0.1) is 11.1 Å². The smallest absolute Gasteiger partial charge is 0.338 e. The Morgan fingerprint density at radius 1 is 0.727 bits per heavy atom. The van der Waals surface area contributed by atoms with Gasteiger partial charge in [-0.2, -0.15) is 0 Å². The third-order valence-electron chi connectivity index (χ3n) is 6.92. The number of fused-ring (bicyclic) bond motifs is 5. The molecule has 0 aromatic heterocycles. The van der Waals surface area contributed by atoms with E-state index in [2.05, 4.69) is 19.1 Å². The molecule has 4 atom stereocenters. The highest BCUT2D eigenvalue weighted by Gasteiger charge is 2.55. The van der Waals surface area contributed by atoms with Crippen molar-refractivity contribution in [3.8, 4) is 0 Å². The summed E-state index contributed by atoms with van der Waals surface area (Å²) in [6.07, 6.45) is 3.10. The lowest BCUT2D eigenvalue weighted by Gasteiger charge is -2.32. The van der Waals surface area contributed by atoms with Gasteiger partial charge in [-0.25, -0.2) is 9.59 Å². The van der Waals surface area contributed by atoms with Crippen molar-refractivity contribution in [3.63, 3.8) is 0 Å². The molecule has 0 spiro atoms. The maximum atomic E-state index is 13.1. The van der Waals surface area contributed by atoms with Crippen LogP contribution in [0.5, 0.6) is 0 Å². The molecule has 1 fully saturated rings. The molecule has 0 saturated heterocycles. The summed E-state index contributed by atoms with van der Waals surface area (Å²) in [5, 5.41) is 0. The molecular formula is C29H28O4. The molecule has 3 aromatic rings. The molecule has 0 aliphatic heterocycles. The van der Waals surface area contributed by atoms with Crippen LogP contribution in [-0.2, 0) is 15.9 Å². The predicted octanol–water partition coefficient (Wildman–Crippen LogP) is 6.06. The van der Waals surface area contributed by atoms with E-state index >= 15 is 0 Å². The lowest BCUT2D eigenvalue weighted by Crippen LogP contribution is -2.39. The van der Waals surface area contributed by atoms with Crippen molar-refractivity contribution in [1.82, 2.24) is 0 Å². The van der Waals surface area contributed by atoms with Gasteiger partial charge < -0.3 is 9.47 Å². The summed E-state index contributed by atoms with van der Waals surface area (Å²) in [6.45, 7) is 2.17. The second-order valence-corrected chi connectivity index (χ2v) is 8.98. The average Bonchev–Trinajstić information content (AvgIpc) is 3.40. The second kappa shape index (κ2) is 9.22. The van der Waals surface area contributed by atoms with E-state index in [0.717, 1.165) is 25.7 Å². The molecule has 5 rings (SSSR count). The molecule has 0 amide bonds. The summed E-state index contributed by atoms with van der Waals surface area (Å²) in [5.41, 5.74) is 4.64. The summed E-state index contributed by atoms with van der Waals surface area (Å²) in [5.74, 6) is -0.680. The number of hydrogen-bond acceptors (Lipinski definition) is 4. The van der Waals surface area contributed by atoms with E-state index in [9.17, 15) is 9.59 Å². The first-order chi connectivity index (χ1) is 16.2. The van der Waals surface area contributed by atoms with Crippen LogP contribution in [0.4, 0.5) is 0 Å². The fourth-order valence-corrected chi connectivity index (χ4v) is 5.24. The third-order valence-corrected chi connectivity index (χ3v) is 6.92. The molecule has 3 aromatic carbocycles. The molecule has 2 bridgehead atoms. The van der Waals surface area contributed by atoms with Crippen molar-refractivity contribution in [2.45, 2.75) is 56.7 Å². The first kappa shape index (κ1) is 21.4. The molecular weight excluding hydrogens is 412 g/mol. The van der Waals surface area contributed by atoms with Gasteiger partial charge in [-0.1, -0.05) is 67.9 Å². The molecule has 2 unspecified atom stereocenters. The second-order valence-electron chi connectivity index (χ2n) is 8.98. The summed E-state index contributed by atoms with van der Waals surface area (Å²) in [4.78, 5) is 25.9. The van der Waals surface area contributed by atoms with E-state index in [1.165, 1.54) is 16.7 Å². The van der Waals surface area contributed by atoms with Crippen LogP contribution in [0, 0.1) is 0 Å². The highest BCUT2D eigenvalue weighted by atomic mass is 16.6. The molecule has 2 aliphatic carbocycles. The molecule has 0 N–H and O–H groups in total. The van der Waals surface area contributed by atoms with Gasteiger partial charge in [0, 0.05) is 11.8 Å². The zero-order chi connectivity index (χ0) is 22.8. The van der Waals surface area contributed by atoms with E-state index in [1.807, 2.05) is 54.6 Å². The fraction of sp³-hybridized carbons (Fsp3) is 0.310. The monoisotopic (exact) mass is 440 g/mol. The summed E-state index contributed by atoms with van der Waals surface area (Å²) < 4.78 is 12.0. The lowest BCUT2D eigenvalue weighted by atomic mass is 9.87. The van der Waals surface area contributed by atoms with Crippen LogP contribution in [0.2, 0.25) is 0 Å². The Kier molecular flexibility index (Phi) is 5.99. The number of aryl methyl sites for hydroxylation is 1. The quantitative estimate of drug-likeness (QED) is 0.419. The molecule has 1 saturated carbocycles. The first-order valence-electron chi connectivity index (χ1n) is 11.8. The standard InChI is InChI=1S/C29H28O4/c1-2-3-9-19-14-16-21(17-15-19)29(31)33-27-25-18-24(22-12-7-8-13-23(22)25)26(27)32-28(30)20-10-5-4-6-11-20/h4-8,10-17,24-27H,2-3,9,18H2,1H3/t24?,25?,26-,27+/m1/s1.